The Morgan fingerprint density at radius 1 is 1.22 bits per heavy atom. The van der Waals surface area contributed by atoms with Crippen LogP contribution in [0.2, 0.25) is 0 Å². The monoisotopic (exact) mass is 318 g/mol. The molecule has 1 saturated carbocycles. The van der Waals surface area contributed by atoms with Crippen LogP contribution in [0.25, 0.3) is 0 Å². The molecule has 128 valence electrons. The third-order valence-electron chi connectivity index (χ3n) is 5.39. The van der Waals surface area contributed by atoms with E-state index in [1.54, 1.807) is 7.11 Å². The van der Waals surface area contributed by atoms with Crippen molar-refractivity contribution in [3.05, 3.63) is 24.3 Å². The Morgan fingerprint density at radius 2 is 2.04 bits per heavy atom. The molecule has 0 bridgehead atoms. The summed E-state index contributed by atoms with van der Waals surface area (Å²) in [7, 11) is 1.70. The van der Waals surface area contributed by atoms with Crippen LogP contribution in [0.15, 0.2) is 24.3 Å². The summed E-state index contributed by atoms with van der Waals surface area (Å²) >= 11 is 0. The van der Waals surface area contributed by atoms with Crippen LogP contribution in [-0.2, 0) is 4.74 Å². The number of benzene rings is 1. The Morgan fingerprint density at radius 3 is 2.74 bits per heavy atom. The molecular formula is C19H30N2O2. The number of anilines is 1. The Hall–Kier alpha value is -1.26. The van der Waals surface area contributed by atoms with E-state index in [1.807, 2.05) is 6.07 Å². The van der Waals surface area contributed by atoms with Gasteiger partial charge in [0.1, 0.15) is 12.4 Å². The van der Waals surface area contributed by atoms with Gasteiger partial charge in [0.15, 0.2) is 0 Å². The predicted octanol–water partition coefficient (Wildman–Crippen LogP) is 3.16. The molecule has 1 heterocycles. The van der Waals surface area contributed by atoms with Gasteiger partial charge in [-0.25, -0.2) is 0 Å². The van der Waals surface area contributed by atoms with Gasteiger partial charge in [0, 0.05) is 50.1 Å². The zero-order valence-corrected chi connectivity index (χ0v) is 14.8. The van der Waals surface area contributed by atoms with Crippen molar-refractivity contribution in [2.75, 3.05) is 44.9 Å². The fraction of sp³-hybridized carbons (Fsp3) is 0.684. The first-order chi connectivity index (χ1) is 11.2. The first-order valence-electron chi connectivity index (χ1n) is 8.92. The molecule has 1 aromatic carbocycles. The van der Waals surface area contributed by atoms with Crippen molar-refractivity contribution in [3.8, 4) is 5.75 Å². The number of hydrogen-bond acceptors (Lipinski definition) is 4. The molecule has 4 heteroatoms. The summed E-state index contributed by atoms with van der Waals surface area (Å²) in [6.45, 7) is 9.33. The molecule has 1 aromatic rings. The Kier molecular flexibility index (Phi) is 5.12. The fourth-order valence-corrected chi connectivity index (χ4v) is 3.72. The molecule has 0 aromatic heterocycles. The second-order valence-corrected chi connectivity index (χ2v) is 6.94. The van der Waals surface area contributed by atoms with Gasteiger partial charge in [-0.2, -0.15) is 0 Å². The summed E-state index contributed by atoms with van der Waals surface area (Å²) in [5.74, 6) is 0.939. The third kappa shape index (κ3) is 3.64. The van der Waals surface area contributed by atoms with Crippen molar-refractivity contribution in [1.82, 2.24) is 4.90 Å². The smallest absolute Gasteiger partial charge is 0.121 e. The largest absolute Gasteiger partial charge is 0.491 e. The summed E-state index contributed by atoms with van der Waals surface area (Å²) < 4.78 is 10.8. The number of methoxy groups -OCH3 is 1. The maximum absolute atomic E-state index is 5.76. The SMILES string of the molecule is CCC(C)N1CCN(c2cccc(OCCOC)c2)CC12CC2. The van der Waals surface area contributed by atoms with Crippen LogP contribution in [0, 0.1) is 0 Å². The average molecular weight is 318 g/mol. The molecule has 3 rings (SSSR count). The summed E-state index contributed by atoms with van der Waals surface area (Å²) in [6.07, 6.45) is 3.93. The van der Waals surface area contributed by atoms with Crippen molar-refractivity contribution in [3.63, 3.8) is 0 Å². The molecule has 1 aliphatic carbocycles. The molecule has 0 amide bonds. The fourth-order valence-electron chi connectivity index (χ4n) is 3.72. The van der Waals surface area contributed by atoms with Gasteiger partial charge in [0.2, 0.25) is 0 Å². The Balaban J connectivity index is 1.66. The highest BCUT2D eigenvalue weighted by atomic mass is 16.5. The van der Waals surface area contributed by atoms with Gasteiger partial charge < -0.3 is 14.4 Å². The molecule has 0 N–H and O–H groups in total. The molecule has 1 unspecified atom stereocenters. The molecule has 1 atom stereocenters. The number of ether oxygens (including phenoxy) is 2. The van der Waals surface area contributed by atoms with Crippen LogP contribution in [0.3, 0.4) is 0 Å². The summed E-state index contributed by atoms with van der Waals surface area (Å²) in [5, 5.41) is 0. The van der Waals surface area contributed by atoms with E-state index < -0.39 is 0 Å². The number of nitrogens with zero attached hydrogens (tertiary/aromatic N) is 2. The lowest BCUT2D eigenvalue weighted by atomic mass is 10.0. The first-order valence-corrected chi connectivity index (χ1v) is 8.92. The van der Waals surface area contributed by atoms with E-state index in [2.05, 4.69) is 41.8 Å². The Bertz CT molecular complexity index is 516. The molecule has 1 spiro atoms. The maximum Gasteiger partial charge on any atom is 0.121 e. The lowest BCUT2D eigenvalue weighted by Gasteiger charge is -2.46. The van der Waals surface area contributed by atoms with Crippen LogP contribution in [0.5, 0.6) is 5.75 Å². The lowest BCUT2D eigenvalue weighted by Crippen LogP contribution is -2.57. The summed E-state index contributed by atoms with van der Waals surface area (Å²) in [4.78, 5) is 5.29. The molecule has 23 heavy (non-hydrogen) atoms. The van der Waals surface area contributed by atoms with Gasteiger partial charge in [0.05, 0.1) is 6.61 Å². The van der Waals surface area contributed by atoms with Crippen LogP contribution < -0.4 is 9.64 Å². The van der Waals surface area contributed by atoms with Crippen LogP contribution >= 0.6 is 0 Å². The molecule has 4 nitrogen and oxygen atoms in total. The first kappa shape index (κ1) is 16.6. The van der Waals surface area contributed by atoms with Crippen molar-refractivity contribution in [2.24, 2.45) is 0 Å². The standard InChI is InChI=1S/C19H30N2O2/c1-4-16(2)21-11-10-20(15-19(21)8-9-19)17-6-5-7-18(14-17)23-13-12-22-3/h5-7,14,16H,4,8-13,15H2,1-3H3. The second-order valence-electron chi connectivity index (χ2n) is 6.94. The van der Waals surface area contributed by atoms with Gasteiger partial charge >= 0.3 is 0 Å². The van der Waals surface area contributed by atoms with Crippen molar-refractivity contribution >= 4 is 5.69 Å². The number of hydrogen-bond donors (Lipinski definition) is 0. The minimum Gasteiger partial charge on any atom is -0.491 e. The van der Waals surface area contributed by atoms with Crippen molar-refractivity contribution in [1.29, 1.82) is 0 Å². The lowest BCUT2D eigenvalue weighted by molar-refractivity contribution is 0.107. The van der Waals surface area contributed by atoms with E-state index in [9.17, 15) is 0 Å². The second kappa shape index (κ2) is 7.10. The highest BCUT2D eigenvalue weighted by Crippen LogP contribution is 2.46. The van der Waals surface area contributed by atoms with Crippen LogP contribution in [0.1, 0.15) is 33.1 Å². The molecule has 2 fully saturated rings. The molecule has 0 radical (unpaired) electrons. The Labute approximate surface area is 140 Å². The molecular weight excluding hydrogens is 288 g/mol. The predicted molar refractivity (Wildman–Crippen MR) is 94.5 cm³/mol. The van der Waals surface area contributed by atoms with Gasteiger partial charge in [-0.1, -0.05) is 13.0 Å². The van der Waals surface area contributed by atoms with Crippen LogP contribution in [-0.4, -0.2) is 56.4 Å². The third-order valence-corrected chi connectivity index (χ3v) is 5.39. The maximum atomic E-state index is 5.76. The molecule has 1 saturated heterocycles. The quantitative estimate of drug-likeness (QED) is 0.721. The normalized spacial score (nSPS) is 21.4. The molecule has 2 aliphatic rings. The van der Waals surface area contributed by atoms with Crippen LogP contribution in [0.4, 0.5) is 5.69 Å². The van der Waals surface area contributed by atoms with Gasteiger partial charge in [-0.3, -0.25) is 4.90 Å². The van der Waals surface area contributed by atoms with Gasteiger partial charge in [0.25, 0.3) is 0 Å². The minimum atomic E-state index is 0.431. The van der Waals surface area contributed by atoms with E-state index >= 15 is 0 Å². The highest BCUT2D eigenvalue weighted by molar-refractivity contribution is 5.52. The van der Waals surface area contributed by atoms with Gasteiger partial charge in [-0.15, -0.1) is 0 Å². The summed E-state index contributed by atoms with van der Waals surface area (Å²) in [6, 6.07) is 9.20. The summed E-state index contributed by atoms with van der Waals surface area (Å²) in [5.41, 5.74) is 1.72. The van der Waals surface area contributed by atoms with E-state index in [1.165, 1.54) is 31.5 Å². The van der Waals surface area contributed by atoms with Crippen molar-refractivity contribution < 1.29 is 9.47 Å². The zero-order valence-electron chi connectivity index (χ0n) is 14.8. The van der Waals surface area contributed by atoms with E-state index in [-0.39, 0.29) is 0 Å². The topological polar surface area (TPSA) is 24.9 Å². The average Bonchev–Trinajstić information content (AvgIpc) is 3.34. The van der Waals surface area contributed by atoms with E-state index in [0.717, 1.165) is 18.8 Å². The van der Waals surface area contributed by atoms with Crippen molar-refractivity contribution in [2.45, 2.75) is 44.7 Å². The van der Waals surface area contributed by atoms with E-state index in [0.29, 0.717) is 24.8 Å². The molecule has 1 aliphatic heterocycles. The zero-order chi connectivity index (χ0) is 16.3. The van der Waals surface area contributed by atoms with E-state index in [4.69, 9.17) is 9.47 Å². The number of piperazine rings is 1. The highest BCUT2D eigenvalue weighted by Gasteiger charge is 2.52. The van der Waals surface area contributed by atoms with Gasteiger partial charge in [-0.05, 0) is 38.3 Å². The number of rotatable bonds is 7. The minimum absolute atomic E-state index is 0.431.